The summed E-state index contributed by atoms with van der Waals surface area (Å²) >= 11 is 0. The number of anilines is 1. The summed E-state index contributed by atoms with van der Waals surface area (Å²) in [7, 11) is 3.92. The summed E-state index contributed by atoms with van der Waals surface area (Å²) in [5, 5.41) is 21.6. The van der Waals surface area contributed by atoms with Gasteiger partial charge >= 0.3 is 0 Å². The second-order valence-corrected chi connectivity index (χ2v) is 9.12. The number of aromatic nitrogens is 3. The molecule has 4 N–H and O–H groups in total. The van der Waals surface area contributed by atoms with Gasteiger partial charge < -0.3 is 20.5 Å². The third-order valence-electron chi connectivity index (χ3n) is 6.66. The van der Waals surface area contributed by atoms with E-state index in [9.17, 15) is 13.6 Å². The molecule has 0 spiro atoms. The highest BCUT2D eigenvalue weighted by atomic mass is 19.1. The Morgan fingerprint density at radius 1 is 1.14 bits per heavy atom. The molecule has 198 valence electrons. The quantitative estimate of drug-likeness (QED) is 0.332. The fraction of sp³-hybridized carbons (Fsp3) is 0.423. The Labute approximate surface area is 215 Å². The second kappa shape index (κ2) is 12.2. The van der Waals surface area contributed by atoms with Crippen LogP contribution in [0.25, 0.3) is 0 Å². The predicted octanol–water partition coefficient (Wildman–Crippen LogP) is 2.88. The second-order valence-electron chi connectivity index (χ2n) is 9.12. The van der Waals surface area contributed by atoms with Gasteiger partial charge in [0, 0.05) is 37.1 Å². The number of benzene rings is 2. The summed E-state index contributed by atoms with van der Waals surface area (Å²) in [4.78, 5) is 15.0. The van der Waals surface area contributed by atoms with Gasteiger partial charge in [-0.15, -0.1) is 10.2 Å². The van der Waals surface area contributed by atoms with Gasteiger partial charge in [0.25, 0.3) is 5.91 Å². The first-order chi connectivity index (χ1) is 17.9. The first-order valence-corrected chi connectivity index (χ1v) is 12.5. The van der Waals surface area contributed by atoms with Crippen molar-refractivity contribution in [2.45, 2.75) is 45.1 Å². The maximum atomic E-state index is 13.9. The van der Waals surface area contributed by atoms with Crippen molar-refractivity contribution in [2.75, 3.05) is 25.6 Å². The third-order valence-corrected chi connectivity index (χ3v) is 6.66. The average molecular weight is 513 g/mol. The largest absolute Gasteiger partial charge is 0.378 e. The molecule has 4 rings (SSSR count). The first-order valence-electron chi connectivity index (χ1n) is 12.5. The van der Waals surface area contributed by atoms with Gasteiger partial charge in [-0.25, -0.2) is 8.78 Å². The molecule has 1 aliphatic rings. The Morgan fingerprint density at radius 2 is 1.89 bits per heavy atom. The van der Waals surface area contributed by atoms with Crippen LogP contribution in [0.3, 0.4) is 0 Å². The fourth-order valence-electron chi connectivity index (χ4n) is 4.55. The molecular weight excluding hydrogens is 478 g/mol. The minimum atomic E-state index is -0.692. The topological polar surface area (TPSA) is 99.1 Å². The first kappa shape index (κ1) is 26.6. The zero-order valence-electron chi connectivity index (χ0n) is 21.4. The van der Waals surface area contributed by atoms with Crippen molar-refractivity contribution in [1.82, 2.24) is 35.6 Å². The molecule has 1 saturated heterocycles. The van der Waals surface area contributed by atoms with Crippen LogP contribution in [0.1, 0.15) is 53.4 Å². The van der Waals surface area contributed by atoms with Crippen molar-refractivity contribution < 1.29 is 13.6 Å². The van der Waals surface area contributed by atoms with Gasteiger partial charge in [0.05, 0.1) is 18.8 Å². The smallest absolute Gasteiger partial charge is 0.251 e. The molecule has 1 aromatic heterocycles. The van der Waals surface area contributed by atoms with Gasteiger partial charge in [-0.3, -0.25) is 15.0 Å². The minimum Gasteiger partial charge on any atom is -0.378 e. The summed E-state index contributed by atoms with van der Waals surface area (Å²) in [6.45, 7) is 4.09. The Morgan fingerprint density at radius 3 is 2.62 bits per heavy atom. The lowest BCUT2D eigenvalue weighted by atomic mass is 10.1. The lowest BCUT2D eigenvalue weighted by Gasteiger charge is -2.39. The van der Waals surface area contributed by atoms with Gasteiger partial charge in [0.15, 0.2) is 5.82 Å². The van der Waals surface area contributed by atoms with Crippen LogP contribution >= 0.6 is 0 Å². The van der Waals surface area contributed by atoms with Crippen LogP contribution in [-0.4, -0.2) is 52.0 Å². The van der Waals surface area contributed by atoms with Gasteiger partial charge in [-0.05, 0) is 56.8 Å². The van der Waals surface area contributed by atoms with Crippen molar-refractivity contribution in [3.63, 3.8) is 0 Å². The van der Waals surface area contributed by atoms with Gasteiger partial charge in [0.2, 0.25) is 0 Å². The molecular formula is C26H34F2N8O. The molecule has 0 radical (unpaired) electrons. The molecule has 11 heteroatoms. The molecule has 1 amide bonds. The fourth-order valence-corrected chi connectivity index (χ4v) is 4.55. The van der Waals surface area contributed by atoms with Gasteiger partial charge in [0.1, 0.15) is 17.5 Å². The number of hydrogen-bond acceptors (Lipinski definition) is 7. The number of hydrogen-bond donors (Lipinski definition) is 4. The lowest BCUT2D eigenvalue weighted by Crippen LogP contribution is -2.54. The highest BCUT2D eigenvalue weighted by Gasteiger charge is 2.31. The highest BCUT2D eigenvalue weighted by molar-refractivity contribution is 5.95. The van der Waals surface area contributed by atoms with Crippen LogP contribution in [0.2, 0.25) is 0 Å². The number of nitrogens with zero attached hydrogens (tertiary/aromatic N) is 4. The molecule has 2 unspecified atom stereocenters. The van der Waals surface area contributed by atoms with Crippen molar-refractivity contribution >= 4 is 11.6 Å². The molecule has 0 aliphatic carbocycles. The number of carbonyl (C=O) groups is 1. The predicted molar refractivity (Wildman–Crippen MR) is 138 cm³/mol. The van der Waals surface area contributed by atoms with Crippen LogP contribution < -0.4 is 21.3 Å². The standard InChI is InChI=1S/C26H34F2N8O/c1-4-11-36-16-32-23(29-2)13-22(36)25-34-33-24(35(25)3)15-30-18-8-5-7-17(12-18)26(37)31-14-19-20(27)9-6-10-21(19)28/h5-10,12,22-23,29-30,32H,4,11,13-16H2,1-3H3,(H,31,37). The summed E-state index contributed by atoms with van der Waals surface area (Å²) in [5.41, 5.74) is 0.929. The Bertz CT molecular complexity index is 1200. The normalized spacial score (nSPS) is 18.1. The zero-order chi connectivity index (χ0) is 26.4. The van der Waals surface area contributed by atoms with Crippen LogP contribution in [0.4, 0.5) is 14.5 Å². The van der Waals surface area contributed by atoms with Crippen LogP contribution in [-0.2, 0) is 20.1 Å². The number of carbonyl (C=O) groups excluding carboxylic acids is 1. The average Bonchev–Trinajstić information content (AvgIpc) is 3.27. The molecule has 0 bridgehead atoms. The number of halogens is 2. The van der Waals surface area contributed by atoms with Crippen molar-refractivity contribution in [2.24, 2.45) is 7.05 Å². The molecule has 0 saturated carbocycles. The maximum absolute atomic E-state index is 13.9. The molecule has 1 aliphatic heterocycles. The van der Waals surface area contributed by atoms with E-state index in [4.69, 9.17) is 0 Å². The van der Waals surface area contributed by atoms with E-state index in [1.807, 2.05) is 24.7 Å². The van der Waals surface area contributed by atoms with E-state index in [1.54, 1.807) is 18.2 Å². The van der Waals surface area contributed by atoms with Crippen LogP contribution in [0.15, 0.2) is 42.5 Å². The van der Waals surface area contributed by atoms with E-state index in [2.05, 4.69) is 43.3 Å². The maximum Gasteiger partial charge on any atom is 0.251 e. The molecule has 2 aromatic carbocycles. The van der Waals surface area contributed by atoms with E-state index < -0.39 is 17.5 Å². The van der Waals surface area contributed by atoms with Crippen molar-refractivity contribution in [3.05, 3.63) is 76.9 Å². The zero-order valence-corrected chi connectivity index (χ0v) is 21.4. The Balaban J connectivity index is 1.40. The number of amides is 1. The highest BCUT2D eigenvalue weighted by Crippen LogP contribution is 2.27. The molecule has 9 nitrogen and oxygen atoms in total. The molecule has 2 heterocycles. The van der Waals surface area contributed by atoms with Crippen molar-refractivity contribution in [3.8, 4) is 0 Å². The van der Waals surface area contributed by atoms with E-state index in [-0.39, 0.29) is 24.3 Å². The van der Waals surface area contributed by atoms with E-state index >= 15 is 0 Å². The Kier molecular flexibility index (Phi) is 8.80. The summed E-state index contributed by atoms with van der Waals surface area (Å²) < 4.78 is 29.7. The summed E-state index contributed by atoms with van der Waals surface area (Å²) in [5.74, 6) is -0.116. The van der Waals surface area contributed by atoms with Gasteiger partial charge in [-0.1, -0.05) is 19.1 Å². The monoisotopic (exact) mass is 512 g/mol. The van der Waals surface area contributed by atoms with Crippen LogP contribution in [0.5, 0.6) is 0 Å². The van der Waals surface area contributed by atoms with E-state index in [1.165, 1.54) is 18.2 Å². The minimum absolute atomic E-state index is 0.149. The SMILES string of the molecule is CCCN1CNC(NC)CC1c1nnc(CNc2cccc(C(=O)NCc3c(F)cccc3F)c2)n1C. The Hall–Kier alpha value is -3.41. The van der Waals surface area contributed by atoms with Crippen LogP contribution in [0, 0.1) is 11.6 Å². The third kappa shape index (κ3) is 6.30. The molecule has 1 fully saturated rings. The number of nitrogens with one attached hydrogen (secondary N) is 4. The van der Waals surface area contributed by atoms with E-state index in [0.29, 0.717) is 12.1 Å². The molecule has 3 aromatic rings. The van der Waals surface area contributed by atoms with Crippen molar-refractivity contribution in [1.29, 1.82) is 0 Å². The van der Waals surface area contributed by atoms with Gasteiger partial charge in [-0.2, -0.15) is 0 Å². The lowest BCUT2D eigenvalue weighted by molar-refractivity contribution is 0.0950. The summed E-state index contributed by atoms with van der Waals surface area (Å²) in [6, 6.07) is 10.7. The summed E-state index contributed by atoms with van der Waals surface area (Å²) in [6.07, 6.45) is 2.14. The molecule has 2 atom stereocenters. The molecule has 37 heavy (non-hydrogen) atoms. The van der Waals surface area contributed by atoms with E-state index in [0.717, 1.165) is 43.4 Å². The number of rotatable bonds is 10.